The molecule has 0 aliphatic carbocycles. The quantitative estimate of drug-likeness (QED) is 0.752. The van der Waals surface area contributed by atoms with Crippen LogP contribution in [-0.4, -0.2) is 61.8 Å². The van der Waals surface area contributed by atoms with Crippen LogP contribution in [0.4, 0.5) is 11.5 Å². The molecule has 2 N–H and O–H groups in total. The van der Waals surface area contributed by atoms with Gasteiger partial charge in [0.2, 0.25) is 0 Å². The molecule has 1 amide bonds. The molecule has 0 radical (unpaired) electrons. The first-order chi connectivity index (χ1) is 12.8. The van der Waals surface area contributed by atoms with Gasteiger partial charge < -0.3 is 20.1 Å². The van der Waals surface area contributed by atoms with E-state index < -0.39 is 0 Å². The summed E-state index contributed by atoms with van der Waals surface area (Å²) in [7, 11) is 0. The summed E-state index contributed by atoms with van der Waals surface area (Å²) in [5.74, 6) is 1.24. The Morgan fingerprint density at radius 2 is 1.96 bits per heavy atom. The van der Waals surface area contributed by atoms with Gasteiger partial charge in [0.1, 0.15) is 11.6 Å². The van der Waals surface area contributed by atoms with Gasteiger partial charge in [-0.25, -0.2) is 4.98 Å². The molecule has 0 atom stereocenters. The maximum atomic E-state index is 11.9. The van der Waals surface area contributed by atoms with Crippen molar-refractivity contribution >= 4 is 17.4 Å². The number of pyridine rings is 1. The van der Waals surface area contributed by atoms with Crippen molar-refractivity contribution in [3.63, 3.8) is 0 Å². The van der Waals surface area contributed by atoms with Gasteiger partial charge in [-0.2, -0.15) is 0 Å². The Labute approximate surface area is 153 Å². The molecule has 2 aromatic rings. The Balaban J connectivity index is 1.37. The third-order valence-corrected chi connectivity index (χ3v) is 4.00. The molecule has 7 nitrogen and oxygen atoms in total. The van der Waals surface area contributed by atoms with Gasteiger partial charge in [-0.1, -0.05) is 18.2 Å². The number of benzene rings is 1. The zero-order valence-corrected chi connectivity index (χ0v) is 14.7. The second-order valence-electron chi connectivity index (χ2n) is 5.96. The van der Waals surface area contributed by atoms with Crippen LogP contribution in [0.15, 0.2) is 48.7 Å². The first-order valence-electron chi connectivity index (χ1n) is 8.77. The summed E-state index contributed by atoms with van der Waals surface area (Å²) < 4.78 is 10.7. The molecule has 1 fully saturated rings. The van der Waals surface area contributed by atoms with Crippen LogP contribution < -0.4 is 15.4 Å². The Kier molecular flexibility index (Phi) is 6.80. The Bertz CT molecular complexity index is 673. The van der Waals surface area contributed by atoms with Crippen molar-refractivity contribution in [1.82, 2.24) is 9.88 Å². The van der Waals surface area contributed by atoms with Crippen LogP contribution in [0.1, 0.15) is 0 Å². The topological polar surface area (TPSA) is 75.7 Å². The SMILES string of the molecule is O=C(COc1ccccc1)Nc1ccc(NCCN2CCOCC2)nc1. The van der Waals surface area contributed by atoms with Gasteiger partial charge in [0.15, 0.2) is 6.61 Å². The summed E-state index contributed by atoms with van der Waals surface area (Å²) >= 11 is 0. The van der Waals surface area contributed by atoms with Gasteiger partial charge >= 0.3 is 0 Å². The molecule has 1 aliphatic heterocycles. The van der Waals surface area contributed by atoms with Gasteiger partial charge in [0, 0.05) is 26.2 Å². The maximum absolute atomic E-state index is 11.9. The fourth-order valence-electron chi connectivity index (χ4n) is 2.60. The third kappa shape index (κ3) is 6.02. The third-order valence-electron chi connectivity index (χ3n) is 4.00. The molecule has 0 spiro atoms. The largest absolute Gasteiger partial charge is 0.484 e. The molecule has 1 saturated heterocycles. The maximum Gasteiger partial charge on any atom is 0.262 e. The highest BCUT2D eigenvalue weighted by Crippen LogP contribution is 2.11. The van der Waals surface area contributed by atoms with E-state index in [0.717, 1.165) is 45.2 Å². The lowest BCUT2D eigenvalue weighted by Crippen LogP contribution is -2.39. The van der Waals surface area contributed by atoms with Crippen LogP contribution in [0.25, 0.3) is 0 Å². The number of hydrogen-bond acceptors (Lipinski definition) is 6. The second-order valence-corrected chi connectivity index (χ2v) is 5.96. The Morgan fingerprint density at radius 1 is 1.15 bits per heavy atom. The lowest BCUT2D eigenvalue weighted by atomic mass is 10.3. The molecular formula is C19H24N4O3. The predicted octanol–water partition coefficient (Wildman–Crippen LogP) is 1.84. The number of hydrogen-bond donors (Lipinski definition) is 2. The van der Waals surface area contributed by atoms with Crippen molar-refractivity contribution < 1.29 is 14.3 Å². The van der Waals surface area contributed by atoms with Crippen molar-refractivity contribution in [2.24, 2.45) is 0 Å². The normalized spacial score (nSPS) is 14.6. The molecule has 1 aromatic carbocycles. The van der Waals surface area contributed by atoms with Crippen molar-refractivity contribution in [3.05, 3.63) is 48.7 Å². The average molecular weight is 356 g/mol. The van der Waals surface area contributed by atoms with Gasteiger partial charge in [-0.15, -0.1) is 0 Å². The Morgan fingerprint density at radius 3 is 2.69 bits per heavy atom. The van der Waals surface area contributed by atoms with Crippen LogP contribution >= 0.6 is 0 Å². The molecule has 0 unspecified atom stereocenters. The van der Waals surface area contributed by atoms with Gasteiger partial charge in [0.05, 0.1) is 25.1 Å². The molecule has 2 heterocycles. The number of rotatable bonds is 8. The lowest BCUT2D eigenvalue weighted by Gasteiger charge is -2.26. The van der Waals surface area contributed by atoms with Crippen molar-refractivity contribution in [2.45, 2.75) is 0 Å². The van der Waals surface area contributed by atoms with Crippen molar-refractivity contribution in [1.29, 1.82) is 0 Å². The molecular weight excluding hydrogens is 332 g/mol. The van der Waals surface area contributed by atoms with E-state index in [2.05, 4.69) is 20.5 Å². The highest BCUT2D eigenvalue weighted by Gasteiger charge is 2.09. The van der Waals surface area contributed by atoms with Crippen molar-refractivity contribution in [3.8, 4) is 5.75 Å². The molecule has 7 heteroatoms. The van der Waals surface area contributed by atoms with E-state index in [1.807, 2.05) is 42.5 Å². The molecule has 1 aromatic heterocycles. The number of aromatic nitrogens is 1. The van der Waals surface area contributed by atoms with Gasteiger partial charge in [-0.05, 0) is 24.3 Å². The Hall–Kier alpha value is -2.64. The van der Waals surface area contributed by atoms with E-state index in [9.17, 15) is 4.79 Å². The first kappa shape index (κ1) is 18.2. The monoisotopic (exact) mass is 356 g/mol. The molecule has 3 rings (SSSR count). The summed E-state index contributed by atoms with van der Waals surface area (Å²) in [6.07, 6.45) is 1.64. The lowest BCUT2D eigenvalue weighted by molar-refractivity contribution is -0.118. The van der Waals surface area contributed by atoms with E-state index >= 15 is 0 Å². The summed E-state index contributed by atoms with van der Waals surface area (Å²) in [4.78, 5) is 18.6. The molecule has 0 bridgehead atoms. The second kappa shape index (κ2) is 9.74. The first-order valence-corrected chi connectivity index (χ1v) is 8.77. The summed E-state index contributed by atoms with van der Waals surface area (Å²) in [5.41, 5.74) is 0.644. The minimum atomic E-state index is -0.219. The average Bonchev–Trinajstić information content (AvgIpc) is 2.69. The number of para-hydroxylation sites is 1. The standard InChI is InChI=1S/C19H24N4O3/c24-19(15-26-17-4-2-1-3-5-17)22-16-6-7-18(21-14-16)20-8-9-23-10-12-25-13-11-23/h1-7,14H,8-13,15H2,(H,20,21)(H,22,24). The van der Waals surface area contributed by atoms with Crippen LogP contribution in [0.2, 0.25) is 0 Å². The summed E-state index contributed by atoms with van der Waals surface area (Å²) in [6, 6.07) is 12.9. The minimum absolute atomic E-state index is 0.0381. The zero-order valence-electron chi connectivity index (χ0n) is 14.7. The zero-order chi connectivity index (χ0) is 18.0. The fraction of sp³-hybridized carbons (Fsp3) is 0.368. The number of amides is 1. The van der Waals surface area contributed by atoms with Crippen LogP contribution in [0.5, 0.6) is 5.75 Å². The number of carbonyl (C=O) groups is 1. The van der Waals surface area contributed by atoms with E-state index in [1.54, 1.807) is 6.20 Å². The number of ether oxygens (including phenoxy) is 2. The number of anilines is 2. The fourth-order valence-corrected chi connectivity index (χ4v) is 2.60. The highest BCUT2D eigenvalue weighted by molar-refractivity contribution is 5.91. The van der Waals surface area contributed by atoms with E-state index in [4.69, 9.17) is 9.47 Å². The van der Waals surface area contributed by atoms with E-state index in [1.165, 1.54) is 0 Å². The van der Waals surface area contributed by atoms with Crippen LogP contribution in [-0.2, 0) is 9.53 Å². The number of nitrogens with one attached hydrogen (secondary N) is 2. The molecule has 26 heavy (non-hydrogen) atoms. The van der Waals surface area contributed by atoms with Crippen LogP contribution in [0, 0.1) is 0 Å². The summed E-state index contributed by atoms with van der Waals surface area (Å²) in [6.45, 7) is 5.31. The minimum Gasteiger partial charge on any atom is -0.484 e. The highest BCUT2D eigenvalue weighted by atomic mass is 16.5. The predicted molar refractivity (Wildman–Crippen MR) is 101 cm³/mol. The molecule has 138 valence electrons. The van der Waals surface area contributed by atoms with E-state index in [0.29, 0.717) is 11.4 Å². The molecule has 1 aliphatic rings. The van der Waals surface area contributed by atoms with Gasteiger partial charge in [-0.3, -0.25) is 9.69 Å². The number of carbonyl (C=O) groups excluding carboxylic acids is 1. The van der Waals surface area contributed by atoms with Gasteiger partial charge in [0.25, 0.3) is 5.91 Å². The summed E-state index contributed by atoms with van der Waals surface area (Å²) in [5, 5.41) is 6.06. The van der Waals surface area contributed by atoms with Crippen LogP contribution in [0.3, 0.4) is 0 Å². The molecule has 0 saturated carbocycles. The number of morpholine rings is 1. The smallest absolute Gasteiger partial charge is 0.262 e. The van der Waals surface area contributed by atoms with Crippen molar-refractivity contribution in [2.75, 3.05) is 56.6 Å². The number of nitrogens with zero attached hydrogens (tertiary/aromatic N) is 2. The van der Waals surface area contributed by atoms with E-state index in [-0.39, 0.29) is 12.5 Å².